The average Bonchev–Trinajstić information content (AvgIpc) is 3.21. The zero-order valence-corrected chi connectivity index (χ0v) is 18.2. The Balaban J connectivity index is 1.30. The molecule has 1 saturated heterocycles. The normalized spacial score (nSPS) is 15.7. The zero-order chi connectivity index (χ0) is 23.5. The van der Waals surface area contributed by atoms with Gasteiger partial charge in [-0.05, 0) is 30.2 Å². The number of fused-ring (bicyclic) bond motifs is 1. The van der Waals surface area contributed by atoms with Gasteiger partial charge in [-0.1, -0.05) is 6.07 Å². The van der Waals surface area contributed by atoms with Gasteiger partial charge in [0.2, 0.25) is 5.91 Å². The lowest BCUT2D eigenvalue weighted by atomic mass is 10.0. The van der Waals surface area contributed by atoms with Crippen LogP contribution in [0.3, 0.4) is 0 Å². The van der Waals surface area contributed by atoms with Crippen LogP contribution in [-0.4, -0.2) is 61.5 Å². The summed E-state index contributed by atoms with van der Waals surface area (Å²) in [5, 5.41) is 9.04. The Kier molecular flexibility index (Phi) is 6.56. The van der Waals surface area contributed by atoms with E-state index in [0.717, 1.165) is 6.07 Å². The Labute approximate surface area is 190 Å². The van der Waals surface area contributed by atoms with Gasteiger partial charge >= 0.3 is 5.97 Å². The van der Waals surface area contributed by atoms with Gasteiger partial charge in [0, 0.05) is 43.9 Å². The Bertz CT molecular complexity index is 1140. The third-order valence-electron chi connectivity index (χ3n) is 6.14. The van der Waals surface area contributed by atoms with Gasteiger partial charge in [-0.2, -0.15) is 5.26 Å². The first kappa shape index (κ1) is 22.7. The molecule has 0 radical (unpaired) electrons. The molecule has 2 aliphatic heterocycles. The first-order valence-corrected chi connectivity index (χ1v) is 10.6. The fourth-order valence-corrected chi connectivity index (χ4v) is 4.17. The molecule has 0 N–H and O–H groups in total. The highest BCUT2D eigenvalue weighted by Gasteiger charge is 2.27. The molecule has 1 fully saturated rings. The van der Waals surface area contributed by atoms with E-state index >= 15 is 0 Å². The van der Waals surface area contributed by atoms with Crippen molar-refractivity contribution in [2.24, 2.45) is 0 Å². The van der Waals surface area contributed by atoms with E-state index in [1.165, 1.54) is 13.2 Å². The largest absolute Gasteiger partial charge is 0.495 e. The quantitative estimate of drug-likeness (QED) is 0.623. The predicted octanol–water partition coefficient (Wildman–Crippen LogP) is 2.44. The molecule has 0 aliphatic carbocycles. The van der Waals surface area contributed by atoms with Gasteiger partial charge in [0.15, 0.2) is 0 Å². The first-order chi connectivity index (χ1) is 15.9. The lowest BCUT2D eigenvalue weighted by molar-refractivity contribution is -0.132. The molecule has 0 spiro atoms. The lowest BCUT2D eigenvalue weighted by Gasteiger charge is -2.35. The van der Waals surface area contributed by atoms with E-state index in [2.05, 4.69) is 4.90 Å². The average molecular weight is 455 g/mol. The molecular weight excluding hydrogens is 432 g/mol. The Morgan fingerprint density at radius 2 is 1.94 bits per heavy atom. The Hall–Kier alpha value is -3.51. The van der Waals surface area contributed by atoms with Gasteiger partial charge in [-0.15, -0.1) is 0 Å². The molecule has 4 rings (SSSR count). The molecule has 7 nitrogen and oxygen atoms in total. The van der Waals surface area contributed by atoms with Crippen molar-refractivity contribution < 1.29 is 27.8 Å². The number of rotatable bonds is 6. The molecule has 0 aromatic heterocycles. The minimum Gasteiger partial charge on any atom is -0.495 e. The minimum atomic E-state index is -0.609. The van der Waals surface area contributed by atoms with Crippen LogP contribution < -0.4 is 4.74 Å². The fraction of sp³-hybridized carbons (Fsp3) is 0.375. The molecule has 2 aliphatic rings. The van der Waals surface area contributed by atoms with E-state index in [4.69, 9.17) is 14.7 Å². The predicted molar refractivity (Wildman–Crippen MR) is 114 cm³/mol. The molecule has 2 aromatic carbocycles. The SMILES string of the molecule is COc1cc(CC(=O)N2CCN(CCc3ccc4c(c3F)COC4=O)CC2)c(F)cc1C#N. The van der Waals surface area contributed by atoms with Crippen LogP contribution in [0.2, 0.25) is 0 Å². The van der Waals surface area contributed by atoms with Crippen LogP contribution >= 0.6 is 0 Å². The number of halogens is 2. The summed E-state index contributed by atoms with van der Waals surface area (Å²) < 4.78 is 38.9. The van der Waals surface area contributed by atoms with Crippen LogP contribution in [-0.2, 0) is 29.0 Å². The molecule has 0 unspecified atom stereocenters. The number of amides is 1. The Morgan fingerprint density at radius 1 is 1.18 bits per heavy atom. The molecular formula is C24H23F2N3O4. The molecule has 2 aromatic rings. The summed E-state index contributed by atoms with van der Waals surface area (Å²) in [4.78, 5) is 28.1. The number of ether oxygens (including phenoxy) is 2. The van der Waals surface area contributed by atoms with Crippen molar-refractivity contribution in [1.82, 2.24) is 9.80 Å². The maximum absolute atomic E-state index is 14.6. The summed E-state index contributed by atoms with van der Waals surface area (Å²) in [5.41, 5.74) is 1.42. The highest BCUT2D eigenvalue weighted by molar-refractivity contribution is 5.93. The molecule has 0 saturated carbocycles. The number of hydrogen-bond acceptors (Lipinski definition) is 6. The lowest BCUT2D eigenvalue weighted by Crippen LogP contribution is -2.49. The molecule has 33 heavy (non-hydrogen) atoms. The van der Waals surface area contributed by atoms with Gasteiger partial charge in [0.25, 0.3) is 0 Å². The van der Waals surface area contributed by atoms with Crippen molar-refractivity contribution in [2.75, 3.05) is 39.8 Å². The highest BCUT2D eigenvalue weighted by Crippen LogP contribution is 2.26. The minimum absolute atomic E-state index is 0.0274. The molecule has 2 heterocycles. The van der Waals surface area contributed by atoms with Crippen LogP contribution in [0, 0.1) is 23.0 Å². The molecule has 1 amide bonds. The van der Waals surface area contributed by atoms with E-state index in [1.807, 2.05) is 6.07 Å². The van der Waals surface area contributed by atoms with Gasteiger partial charge in [0.1, 0.15) is 30.1 Å². The number of cyclic esters (lactones) is 1. The van der Waals surface area contributed by atoms with Crippen LogP contribution in [0.4, 0.5) is 8.78 Å². The van der Waals surface area contributed by atoms with Crippen LogP contribution in [0.15, 0.2) is 24.3 Å². The van der Waals surface area contributed by atoms with Crippen molar-refractivity contribution in [3.05, 3.63) is 63.7 Å². The number of carbonyl (C=O) groups excluding carboxylic acids is 2. The van der Waals surface area contributed by atoms with E-state index in [0.29, 0.717) is 55.8 Å². The monoisotopic (exact) mass is 455 g/mol. The number of carbonyl (C=O) groups is 2. The fourth-order valence-electron chi connectivity index (χ4n) is 4.17. The van der Waals surface area contributed by atoms with Gasteiger partial charge in [-0.3, -0.25) is 9.69 Å². The van der Waals surface area contributed by atoms with E-state index in [-0.39, 0.29) is 41.6 Å². The molecule has 9 heteroatoms. The number of nitrogens with zero attached hydrogens (tertiary/aromatic N) is 3. The van der Waals surface area contributed by atoms with Gasteiger partial charge in [0.05, 0.1) is 24.7 Å². The number of piperazine rings is 1. The van der Waals surface area contributed by atoms with Crippen LogP contribution in [0.25, 0.3) is 0 Å². The molecule has 0 atom stereocenters. The Morgan fingerprint density at radius 3 is 2.64 bits per heavy atom. The highest BCUT2D eigenvalue weighted by atomic mass is 19.1. The second-order valence-corrected chi connectivity index (χ2v) is 8.05. The maximum atomic E-state index is 14.6. The first-order valence-electron chi connectivity index (χ1n) is 10.6. The van der Waals surface area contributed by atoms with Crippen molar-refractivity contribution in [3.8, 4) is 11.8 Å². The third kappa shape index (κ3) is 4.66. The number of nitriles is 1. The number of methoxy groups -OCH3 is 1. The summed E-state index contributed by atoms with van der Waals surface area (Å²) in [6, 6.07) is 7.58. The van der Waals surface area contributed by atoms with E-state index in [1.54, 1.807) is 17.0 Å². The van der Waals surface area contributed by atoms with E-state index in [9.17, 15) is 18.4 Å². The van der Waals surface area contributed by atoms with Crippen molar-refractivity contribution in [1.29, 1.82) is 5.26 Å². The number of hydrogen-bond donors (Lipinski definition) is 0. The van der Waals surface area contributed by atoms with Crippen LogP contribution in [0.5, 0.6) is 5.75 Å². The van der Waals surface area contributed by atoms with Crippen LogP contribution in [0.1, 0.15) is 32.6 Å². The second kappa shape index (κ2) is 9.55. The van der Waals surface area contributed by atoms with E-state index < -0.39 is 11.8 Å². The summed E-state index contributed by atoms with van der Waals surface area (Å²) in [6.45, 7) is 2.82. The molecule has 0 bridgehead atoms. The van der Waals surface area contributed by atoms with Crippen molar-refractivity contribution >= 4 is 11.9 Å². The second-order valence-electron chi connectivity index (χ2n) is 8.05. The summed E-state index contributed by atoms with van der Waals surface area (Å²) in [7, 11) is 1.39. The number of esters is 1. The standard InChI is InChI=1S/C24H23F2N3O4/c1-32-21-11-16(20(25)10-17(21)13-27)12-22(30)29-8-6-28(7-9-29)5-4-15-2-3-18-19(23(15)26)14-33-24(18)31/h2-3,10-11H,4-9,12,14H2,1H3. The summed E-state index contributed by atoms with van der Waals surface area (Å²) >= 11 is 0. The topological polar surface area (TPSA) is 82.9 Å². The number of benzene rings is 2. The van der Waals surface area contributed by atoms with Crippen molar-refractivity contribution in [3.63, 3.8) is 0 Å². The third-order valence-corrected chi connectivity index (χ3v) is 6.14. The zero-order valence-electron chi connectivity index (χ0n) is 18.2. The maximum Gasteiger partial charge on any atom is 0.338 e. The van der Waals surface area contributed by atoms with Crippen molar-refractivity contribution in [2.45, 2.75) is 19.4 Å². The smallest absolute Gasteiger partial charge is 0.338 e. The molecule has 172 valence electrons. The summed E-state index contributed by atoms with van der Waals surface area (Å²) in [6.07, 6.45) is 0.368. The van der Waals surface area contributed by atoms with Gasteiger partial charge < -0.3 is 14.4 Å². The summed E-state index contributed by atoms with van der Waals surface area (Å²) in [5.74, 6) is -1.44. The van der Waals surface area contributed by atoms with Gasteiger partial charge in [-0.25, -0.2) is 13.6 Å².